The Balaban J connectivity index is 2.65. The number of nitrogens with one attached hydrogen (secondary N) is 1. The highest BCUT2D eigenvalue weighted by molar-refractivity contribution is 5.23. The lowest BCUT2D eigenvalue weighted by molar-refractivity contribution is 0.232. The van der Waals surface area contributed by atoms with Crippen LogP contribution in [0, 0.1) is 0 Å². The third kappa shape index (κ3) is 4.19. The van der Waals surface area contributed by atoms with Crippen molar-refractivity contribution in [2.75, 3.05) is 6.54 Å². The van der Waals surface area contributed by atoms with Crippen LogP contribution in [0.5, 0.6) is 5.88 Å². The summed E-state index contributed by atoms with van der Waals surface area (Å²) in [6, 6.07) is 4.38. The lowest BCUT2D eigenvalue weighted by atomic mass is 10.1. The number of hydrogen-bond donors (Lipinski definition) is 1. The van der Waals surface area contributed by atoms with Gasteiger partial charge in [-0.25, -0.2) is 4.98 Å². The van der Waals surface area contributed by atoms with Gasteiger partial charge in [-0.05, 0) is 45.4 Å². The van der Waals surface area contributed by atoms with Gasteiger partial charge in [0.1, 0.15) is 0 Å². The average molecular weight is 222 g/mol. The monoisotopic (exact) mass is 222 g/mol. The Morgan fingerprint density at radius 3 is 2.75 bits per heavy atom. The number of aromatic nitrogens is 1. The zero-order valence-corrected chi connectivity index (χ0v) is 10.7. The summed E-state index contributed by atoms with van der Waals surface area (Å²) in [6.45, 7) is 9.37. The van der Waals surface area contributed by atoms with E-state index in [0.29, 0.717) is 11.9 Å². The highest BCUT2D eigenvalue weighted by Gasteiger charge is 2.06. The predicted octanol–water partition coefficient (Wildman–Crippen LogP) is 2.93. The molecule has 1 aromatic rings. The van der Waals surface area contributed by atoms with Crippen molar-refractivity contribution in [1.29, 1.82) is 0 Å². The van der Waals surface area contributed by atoms with Gasteiger partial charge in [-0.15, -0.1) is 0 Å². The lowest BCUT2D eigenvalue weighted by Crippen LogP contribution is -2.19. The predicted molar refractivity (Wildman–Crippen MR) is 66.7 cm³/mol. The molecule has 1 atom stereocenters. The van der Waals surface area contributed by atoms with Gasteiger partial charge >= 0.3 is 0 Å². The van der Waals surface area contributed by atoms with Crippen LogP contribution in [0.3, 0.4) is 0 Å². The molecule has 0 spiro atoms. The molecule has 0 aliphatic rings. The van der Waals surface area contributed by atoms with E-state index in [9.17, 15) is 0 Å². The van der Waals surface area contributed by atoms with Gasteiger partial charge in [-0.1, -0.05) is 6.92 Å². The minimum atomic E-state index is 0.168. The van der Waals surface area contributed by atoms with Crippen LogP contribution in [0.15, 0.2) is 18.3 Å². The average Bonchev–Trinajstić information content (AvgIpc) is 2.25. The fourth-order valence-electron chi connectivity index (χ4n) is 1.48. The first-order valence-electron chi connectivity index (χ1n) is 5.99. The summed E-state index contributed by atoms with van der Waals surface area (Å²) in [4.78, 5) is 4.19. The zero-order chi connectivity index (χ0) is 12.0. The molecular weight excluding hydrogens is 200 g/mol. The molecule has 0 saturated carbocycles. The molecule has 0 saturated heterocycles. The SMILES string of the molecule is CCCNC(C)c1ccnc(OC(C)C)c1. The number of nitrogens with zero attached hydrogens (tertiary/aromatic N) is 1. The van der Waals surface area contributed by atoms with E-state index in [-0.39, 0.29) is 6.10 Å². The van der Waals surface area contributed by atoms with Crippen molar-refractivity contribution in [3.63, 3.8) is 0 Å². The summed E-state index contributed by atoms with van der Waals surface area (Å²) in [6.07, 6.45) is 3.11. The van der Waals surface area contributed by atoms with Gasteiger partial charge in [0, 0.05) is 18.3 Å². The first kappa shape index (κ1) is 13.0. The van der Waals surface area contributed by atoms with E-state index < -0.39 is 0 Å². The third-order valence-corrected chi connectivity index (χ3v) is 2.32. The van der Waals surface area contributed by atoms with E-state index >= 15 is 0 Å². The minimum Gasteiger partial charge on any atom is -0.475 e. The van der Waals surface area contributed by atoms with Crippen LogP contribution in [0.2, 0.25) is 0 Å². The maximum Gasteiger partial charge on any atom is 0.213 e. The second kappa shape index (κ2) is 6.48. The molecule has 1 aromatic heterocycles. The van der Waals surface area contributed by atoms with Gasteiger partial charge in [-0.2, -0.15) is 0 Å². The van der Waals surface area contributed by atoms with Crippen LogP contribution < -0.4 is 10.1 Å². The van der Waals surface area contributed by atoms with E-state index in [1.807, 2.05) is 26.0 Å². The van der Waals surface area contributed by atoms with Crippen molar-refractivity contribution < 1.29 is 4.74 Å². The van der Waals surface area contributed by atoms with E-state index in [0.717, 1.165) is 13.0 Å². The van der Waals surface area contributed by atoms with Crippen LogP contribution in [-0.2, 0) is 0 Å². The fourth-order valence-corrected chi connectivity index (χ4v) is 1.48. The van der Waals surface area contributed by atoms with Crippen LogP contribution in [0.25, 0.3) is 0 Å². The Bertz CT molecular complexity index is 313. The maximum absolute atomic E-state index is 5.57. The van der Waals surface area contributed by atoms with Crippen LogP contribution in [-0.4, -0.2) is 17.6 Å². The van der Waals surface area contributed by atoms with E-state index in [1.165, 1.54) is 5.56 Å². The molecule has 3 heteroatoms. The lowest BCUT2D eigenvalue weighted by Gasteiger charge is -2.15. The molecule has 1 N–H and O–H groups in total. The standard InChI is InChI=1S/C13H22N2O/c1-5-7-14-11(4)12-6-8-15-13(9-12)16-10(2)3/h6,8-11,14H,5,7H2,1-4H3. The molecule has 90 valence electrons. The largest absolute Gasteiger partial charge is 0.475 e. The Kier molecular flexibility index (Phi) is 5.26. The van der Waals surface area contributed by atoms with Crippen LogP contribution in [0.4, 0.5) is 0 Å². The van der Waals surface area contributed by atoms with Gasteiger partial charge in [-0.3, -0.25) is 0 Å². The summed E-state index contributed by atoms with van der Waals surface area (Å²) in [7, 11) is 0. The van der Waals surface area contributed by atoms with Crippen molar-refractivity contribution >= 4 is 0 Å². The Morgan fingerprint density at radius 2 is 2.12 bits per heavy atom. The Hall–Kier alpha value is -1.09. The summed E-state index contributed by atoms with van der Waals surface area (Å²) >= 11 is 0. The molecule has 1 heterocycles. The van der Waals surface area contributed by atoms with E-state index in [4.69, 9.17) is 4.74 Å². The molecule has 3 nitrogen and oxygen atoms in total. The molecule has 0 radical (unpaired) electrons. The van der Waals surface area contributed by atoms with Gasteiger partial charge in [0.05, 0.1) is 6.10 Å². The van der Waals surface area contributed by atoms with Crippen molar-refractivity contribution in [2.45, 2.75) is 46.3 Å². The number of hydrogen-bond acceptors (Lipinski definition) is 3. The first-order valence-corrected chi connectivity index (χ1v) is 5.99. The van der Waals surface area contributed by atoms with Crippen molar-refractivity contribution in [2.24, 2.45) is 0 Å². The number of pyridine rings is 1. The number of rotatable bonds is 6. The normalized spacial score (nSPS) is 12.8. The molecule has 0 fully saturated rings. The quantitative estimate of drug-likeness (QED) is 0.803. The second-order valence-electron chi connectivity index (χ2n) is 4.27. The van der Waals surface area contributed by atoms with Gasteiger partial charge in [0.2, 0.25) is 5.88 Å². The van der Waals surface area contributed by atoms with Crippen LogP contribution >= 0.6 is 0 Å². The Morgan fingerprint density at radius 1 is 1.38 bits per heavy atom. The molecule has 1 unspecified atom stereocenters. The van der Waals surface area contributed by atoms with E-state index in [1.54, 1.807) is 6.20 Å². The molecule has 0 aliphatic heterocycles. The summed E-state index contributed by atoms with van der Waals surface area (Å²) in [5.74, 6) is 0.706. The van der Waals surface area contributed by atoms with Crippen LogP contribution in [0.1, 0.15) is 45.7 Å². The smallest absolute Gasteiger partial charge is 0.213 e. The molecular formula is C13H22N2O. The molecule has 0 bridgehead atoms. The maximum atomic E-state index is 5.57. The van der Waals surface area contributed by atoms with Crippen molar-refractivity contribution in [3.8, 4) is 5.88 Å². The molecule has 1 rings (SSSR count). The molecule has 0 amide bonds. The highest BCUT2D eigenvalue weighted by Crippen LogP contribution is 2.17. The van der Waals surface area contributed by atoms with Gasteiger partial charge in [0.25, 0.3) is 0 Å². The molecule has 0 aliphatic carbocycles. The summed E-state index contributed by atoms with van der Waals surface area (Å²) in [5.41, 5.74) is 1.22. The van der Waals surface area contributed by atoms with Gasteiger partial charge < -0.3 is 10.1 Å². The number of ether oxygens (including phenoxy) is 1. The first-order chi connectivity index (χ1) is 7.63. The van der Waals surface area contributed by atoms with Gasteiger partial charge in [0.15, 0.2) is 0 Å². The molecule has 16 heavy (non-hydrogen) atoms. The third-order valence-electron chi connectivity index (χ3n) is 2.32. The second-order valence-corrected chi connectivity index (χ2v) is 4.27. The van der Waals surface area contributed by atoms with Crippen molar-refractivity contribution in [3.05, 3.63) is 23.9 Å². The van der Waals surface area contributed by atoms with Crippen molar-refractivity contribution in [1.82, 2.24) is 10.3 Å². The topological polar surface area (TPSA) is 34.2 Å². The van der Waals surface area contributed by atoms with E-state index in [2.05, 4.69) is 24.1 Å². The Labute approximate surface area is 98.2 Å². The molecule has 0 aromatic carbocycles. The summed E-state index contributed by atoms with van der Waals surface area (Å²) < 4.78 is 5.57. The zero-order valence-electron chi connectivity index (χ0n) is 10.7. The summed E-state index contributed by atoms with van der Waals surface area (Å²) in [5, 5.41) is 3.45. The highest BCUT2D eigenvalue weighted by atomic mass is 16.5. The minimum absolute atomic E-state index is 0.168. The fraction of sp³-hybridized carbons (Fsp3) is 0.615.